The average molecular weight is 268 g/mol. The first-order chi connectivity index (χ1) is 8.95. The SMILES string of the molecule is CCNCc1ccc(OC(C)C(=O)O)c([N+](=O)[O-])c1. The summed E-state index contributed by atoms with van der Waals surface area (Å²) in [4.78, 5) is 21.1. The predicted octanol–water partition coefficient (Wildman–Crippen LogP) is 1.56. The molecule has 0 saturated carbocycles. The molecular formula is C12H16N2O5. The minimum atomic E-state index is -1.17. The third kappa shape index (κ3) is 4.22. The van der Waals surface area contributed by atoms with Gasteiger partial charge in [-0.05, 0) is 25.1 Å². The summed E-state index contributed by atoms with van der Waals surface area (Å²) in [6.45, 7) is 4.51. The van der Waals surface area contributed by atoms with Crippen molar-refractivity contribution >= 4 is 11.7 Å². The zero-order valence-corrected chi connectivity index (χ0v) is 10.8. The van der Waals surface area contributed by atoms with Crippen LogP contribution >= 0.6 is 0 Å². The first-order valence-corrected chi connectivity index (χ1v) is 5.83. The van der Waals surface area contributed by atoms with Crippen molar-refractivity contribution in [3.63, 3.8) is 0 Å². The number of carboxylic acid groups (broad SMARTS) is 1. The van der Waals surface area contributed by atoms with E-state index in [1.165, 1.54) is 19.1 Å². The number of nitrogens with one attached hydrogen (secondary N) is 1. The second-order valence-electron chi connectivity index (χ2n) is 3.94. The zero-order chi connectivity index (χ0) is 14.4. The van der Waals surface area contributed by atoms with Gasteiger partial charge in [-0.1, -0.05) is 13.0 Å². The van der Waals surface area contributed by atoms with Crippen molar-refractivity contribution in [3.8, 4) is 5.75 Å². The number of aliphatic carboxylic acids is 1. The van der Waals surface area contributed by atoms with Crippen molar-refractivity contribution < 1.29 is 19.6 Å². The van der Waals surface area contributed by atoms with E-state index in [1.54, 1.807) is 6.07 Å². The van der Waals surface area contributed by atoms with Crippen LogP contribution in [0.4, 0.5) is 5.69 Å². The molecule has 1 unspecified atom stereocenters. The number of hydrogen-bond acceptors (Lipinski definition) is 5. The number of benzene rings is 1. The maximum absolute atomic E-state index is 11.0. The molecule has 0 aliphatic carbocycles. The number of nitro groups is 1. The number of carbonyl (C=O) groups is 1. The van der Waals surface area contributed by atoms with Crippen LogP contribution in [-0.2, 0) is 11.3 Å². The smallest absolute Gasteiger partial charge is 0.344 e. The Labute approximate surface area is 110 Å². The molecule has 0 aromatic heterocycles. The van der Waals surface area contributed by atoms with Crippen LogP contribution in [0.2, 0.25) is 0 Å². The molecule has 0 heterocycles. The van der Waals surface area contributed by atoms with Crippen LogP contribution in [0.25, 0.3) is 0 Å². The molecule has 1 aromatic carbocycles. The van der Waals surface area contributed by atoms with Gasteiger partial charge in [0.2, 0.25) is 0 Å². The number of hydrogen-bond donors (Lipinski definition) is 2. The Morgan fingerprint density at radius 2 is 2.26 bits per heavy atom. The standard InChI is InChI=1S/C12H16N2O5/c1-3-13-7-9-4-5-11(10(6-9)14(17)18)19-8(2)12(15)16/h4-6,8,13H,3,7H2,1-2H3,(H,15,16). The van der Waals surface area contributed by atoms with Crippen molar-refractivity contribution in [2.75, 3.05) is 6.54 Å². The van der Waals surface area contributed by atoms with Gasteiger partial charge in [0.05, 0.1) is 4.92 Å². The van der Waals surface area contributed by atoms with Gasteiger partial charge < -0.3 is 15.2 Å². The van der Waals surface area contributed by atoms with Crippen LogP contribution in [-0.4, -0.2) is 28.6 Å². The second-order valence-corrected chi connectivity index (χ2v) is 3.94. The molecule has 0 saturated heterocycles. The van der Waals surface area contributed by atoms with Gasteiger partial charge in [0, 0.05) is 12.6 Å². The molecule has 0 aliphatic rings. The fourth-order valence-electron chi connectivity index (χ4n) is 1.43. The first kappa shape index (κ1) is 14.9. The van der Waals surface area contributed by atoms with Crippen LogP contribution in [0.15, 0.2) is 18.2 Å². The average Bonchev–Trinajstić information content (AvgIpc) is 2.37. The molecule has 0 radical (unpaired) electrons. The second kappa shape index (κ2) is 6.69. The summed E-state index contributed by atoms with van der Waals surface area (Å²) in [7, 11) is 0. The fraction of sp³-hybridized carbons (Fsp3) is 0.417. The highest BCUT2D eigenvalue weighted by Crippen LogP contribution is 2.28. The Bertz CT molecular complexity index is 475. The van der Waals surface area contributed by atoms with Crippen molar-refractivity contribution in [2.24, 2.45) is 0 Å². The summed E-state index contributed by atoms with van der Waals surface area (Å²) in [5.74, 6) is -1.22. The van der Waals surface area contributed by atoms with Crippen molar-refractivity contribution in [1.29, 1.82) is 0 Å². The van der Waals surface area contributed by atoms with Gasteiger partial charge in [-0.15, -0.1) is 0 Å². The number of rotatable bonds is 7. The van der Waals surface area contributed by atoms with E-state index in [9.17, 15) is 14.9 Å². The van der Waals surface area contributed by atoms with Gasteiger partial charge in [-0.25, -0.2) is 4.79 Å². The molecule has 1 rings (SSSR count). The molecule has 104 valence electrons. The van der Waals surface area contributed by atoms with Gasteiger partial charge in [-0.3, -0.25) is 10.1 Å². The van der Waals surface area contributed by atoms with Crippen LogP contribution in [0, 0.1) is 10.1 Å². The fourth-order valence-corrected chi connectivity index (χ4v) is 1.43. The molecule has 19 heavy (non-hydrogen) atoms. The van der Waals surface area contributed by atoms with Crippen molar-refractivity contribution in [3.05, 3.63) is 33.9 Å². The lowest BCUT2D eigenvalue weighted by molar-refractivity contribution is -0.386. The maximum Gasteiger partial charge on any atom is 0.344 e. The number of ether oxygens (including phenoxy) is 1. The summed E-state index contributed by atoms with van der Waals surface area (Å²) in [5.41, 5.74) is 0.507. The minimum Gasteiger partial charge on any atom is -0.479 e. The summed E-state index contributed by atoms with van der Waals surface area (Å²) >= 11 is 0. The van der Waals surface area contributed by atoms with E-state index < -0.39 is 17.0 Å². The summed E-state index contributed by atoms with van der Waals surface area (Å²) < 4.78 is 5.07. The monoisotopic (exact) mass is 268 g/mol. The lowest BCUT2D eigenvalue weighted by atomic mass is 10.2. The van der Waals surface area contributed by atoms with Gasteiger partial charge in [0.25, 0.3) is 0 Å². The summed E-state index contributed by atoms with van der Waals surface area (Å²) in [5, 5.41) is 22.7. The minimum absolute atomic E-state index is 0.0415. The third-order valence-corrected chi connectivity index (χ3v) is 2.45. The molecule has 0 amide bonds. The van der Waals surface area contributed by atoms with E-state index in [0.717, 1.165) is 12.1 Å². The molecule has 0 aliphatic heterocycles. The number of nitrogens with zero attached hydrogens (tertiary/aromatic N) is 1. The molecular weight excluding hydrogens is 252 g/mol. The maximum atomic E-state index is 11.0. The quantitative estimate of drug-likeness (QED) is 0.574. The van der Waals surface area contributed by atoms with Crippen LogP contribution in [0.5, 0.6) is 5.75 Å². The van der Waals surface area contributed by atoms with Crippen molar-refractivity contribution in [1.82, 2.24) is 5.32 Å². The Morgan fingerprint density at radius 1 is 1.58 bits per heavy atom. The highest BCUT2D eigenvalue weighted by atomic mass is 16.6. The third-order valence-electron chi connectivity index (χ3n) is 2.45. The Kier molecular flexibility index (Phi) is 5.25. The first-order valence-electron chi connectivity index (χ1n) is 5.83. The van der Waals surface area contributed by atoms with Gasteiger partial charge >= 0.3 is 11.7 Å². The van der Waals surface area contributed by atoms with E-state index in [-0.39, 0.29) is 11.4 Å². The molecule has 0 spiro atoms. The molecule has 1 aromatic rings. The molecule has 2 N–H and O–H groups in total. The predicted molar refractivity (Wildman–Crippen MR) is 68.2 cm³/mol. The van der Waals surface area contributed by atoms with Gasteiger partial charge in [0.1, 0.15) is 0 Å². The number of nitro benzene ring substituents is 1. The molecule has 1 atom stereocenters. The van der Waals surface area contributed by atoms with Gasteiger partial charge in [0.15, 0.2) is 11.9 Å². The lowest BCUT2D eigenvalue weighted by Crippen LogP contribution is -2.23. The normalized spacial score (nSPS) is 11.9. The summed E-state index contributed by atoms with van der Waals surface area (Å²) in [6.07, 6.45) is -1.14. The zero-order valence-electron chi connectivity index (χ0n) is 10.8. The van der Waals surface area contributed by atoms with E-state index in [4.69, 9.17) is 9.84 Å². The summed E-state index contributed by atoms with van der Waals surface area (Å²) in [6, 6.07) is 4.47. The van der Waals surface area contributed by atoms with Crippen LogP contribution in [0.1, 0.15) is 19.4 Å². The van der Waals surface area contributed by atoms with Crippen LogP contribution < -0.4 is 10.1 Å². The van der Waals surface area contributed by atoms with Crippen molar-refractivity contribution in [2.45, 2.75) is 26.5 Å². The molecule has 7 heteroatoms. The Hall–Kier alpha value is -2.15. The van der Waals surface area contributed by atoms with E-state index >= 15 is 0 Å². The highest BCUT2D eigenvalue weighted by Gasteiger charge is 2.20. The van der Waals surface area contributed by atoms with E-state index in [1.807, 2.05) is 6.92 Å². The Morgan fingerprint density at radius 3 is 2.79 bits per heavy atom. The van der Waals surface area contributed by atoms with E-state index in [0.29, 0.717) is 6.54 Å². The molecule has 7 nitrogen and oxygen atoms in total. The molecule has 0 bridgehead atoms. The largest absolute Gasteiger partial charge is 0.479 e. The van der Waals surface area contributed by atoms with E-state index in [2.05, 4.69) is 5.32 Å². The number of carboxylic acids is 1. The molecule has 0 fully saturated rings. The lowest BCUT2D eigenvalue weighted by Gasteiger charge is -2.11. The topological polar surface area (TPSA) is 102 Å². The van der Waals surface area contributed by atoms with Gasteiger partial charge in [-0.2, -0.15) is 0 Å². The van der Waals surface area contributed by atoms with Crippen LogP contribution in [0.3, 0.4) is 0 Å². The Balaban J connectivity index is 2.98. The highest BCUT2D eigenvalue weighted by molar-refractivity contribution is 5.72.